The Balaban J connectivity index is 3.38. The smallest absolute Gasteiger partial charge is 0.259 e. The molecule has 1 N–H and O–H groups in total. The van der Waals surface area contributed by atoms with E-state index in [1.807, 2.05) is 0 Å². The van der Waals surface area contributed by atoms with Gasteiger partial charge in [0.25, 0.3) is 5.91 Å². The minimum Gasteiger partial charge on any atom is -0.340 e. The van der Waals surface area contributed by atoms with Crippen LogP contribution in [-0.4, -0.2) is 38.0 Å². The molecule has 0 saturated carbocycles. The average Bonchev–Trinajstić information content (AvgIpc) is 2.47. The van der Waals surface area contributed by atoms with Gasteiger partial charge in [-0.2, -0.15) is 0 Å². The summed E-state index contributed by atoms with van der Waals surface area (Å²) in [6.45, 7) is 0.378. The number of amides is 1. The van der Waals surface area contributed by atoms with Crippen LogP contribution in [0, 0.1) is 23.3 Å². The highest BCUT2D eigenvalue weighted by molar-refractivity contribution is 5.95. The highest BCUT2D eigenvalue weighted by atomic mass is 19.2. The minimum absolute atomic E-state index is 0.0650. The van der Waals surface area contributed by atoms with E-state index in [-0.39, 0.29) is 6.54 Å². The molecule has 0 aliphatic rings. The van der Waals surface area contributed by atoms with Crippen molar-refractivity contribution in [3.63, 3.8) is 0 Å². The third-order valence-corrected chi connectivity index (χ3v) is 2.64. The molecule has 0 saturated heterocycles. The van der Waals surface area contributed by atoms with Gasteiger partial charge >= 0.3 is 0 Å². The summed E-state index contributed by atoms with van der Waals surface area (Å²) in [5.41, 5.74) is 5.28. The fourth-order valence-electron chi connectivity index (χ4n) is 1.51. The maximum Gasteiger partial charge on any atom is 0.259 e. The molecule has 1 aromatic carbocycles. The Morgan fingerprint density at radius 2 is 1.76 bits per heavy atom. The molecule has 21 heavy (non-hydrogen) atoms. The van der Waals surface area contributed by atoms with Gasteiger partial charge in [0, 0.05) is 25.0 Å². The third kappa shape index (κ3) is 3.23. The van der Waals surface area contributed by atoms with Gasteiger partial charge in [0.05, 0.1) is 0 Å². The first-order valence-electron chi connectivity index (χ1n) is 5.67. The predicted octanol–water partition coefficient (Wildman–Crippen LogP) is 2.48. The summed E-state index contributed by atoms with van der Waals surface area (Å²) in [6.07, 6.45) is 0. The van der Waals surface area contributed by atoms with E-state index < -0.39 is 40.4 Å². The summed E-state index contributed by atoms with van der Waals surface area (Å²) in [7, 11) is 2.81. The lowest BCUT2D eigenvalue weighted by Gasteiger charge is -2.18. The monoisotopic (exact) mass is 305 g/mol. The van der Waals surface area contributed by atoms with Gasteiger partial charge in [-0.05, 0) is 12.6 Å². The van der Waals surface area contributed by atoms with Gasteiger partial charge in [-0.15, -0.1) is 0 Å². The van der Waals surface area contributed by atoms with Gasteiger partial charge < -0.3 is 10.2 Å². The van der Waals surface area contributed by atoms with Gasteiger partial charge in [-0.25, -0.2) is 17.6 Å². The van der Waals surface area contributed by atoms with Crippen molar-refractivity contribution < 1.29 is 22.4 Å². The number of azide groups is 1. The Hall–Kier alpha value is -2.32. The maximum absolute atomic E-state index is 13.7. The summed E-state index contributed by atoms with van der Waals surface area (Å²) >= 11 is 0. The number of nitrogens with one attached hydrogen (secondary N) is 1. The van der Waals surface area contributed by atoms with Crippen LogP contribution in [0.15, 0.2) is 5.11 Å². The lowest BCUT2D eigenvalue weighted by molar-refractivity contribution is 0.0784. The number of nitrogens with zero attached hydrogens (tertiary/aromatic N) is 4. The lowest BCUT2D eigenvalue weighted by Crippen LogP contribution is -2.34. The number of hydrogen-bond donors (Lipinski definition) is 1. The van der Waals surface area contributed by atoms with Crippen LogP contribution in [0.25, 0.3) is 10.4 Å². The zero-order valence-electron chi connectivity index (χ0n) is 11.1. The number of carbonyl (C=O) groups excluding carboxylic acids is 1. The first-order valence-corrected chi connectivity index (χ1v) is 5.67. The molecule has 0 aliphatic heterocycles. The Bertz CT molecular complexity index is 586. The first kappa shape index (κ1) is 16.7. The van der Waals surface area contributed by atoms with Gasteiger partial charge in [0.1, 0.15) is 11.3 Å². The minimum atomic E-state index is -1.92. The third-order valence-electron chi connectivity index (χ3n) is 2.64. The lowest BCUT2D eigenvalue weighted by atomic mass is 10.1. The van der Waals surface area contributed by atoms with Crippen LogP contribution in [0.2, 0.25) is 0 Å². The molecule has 1 rings (SSSR count). The van der Waals surface area contributed by atoms with Crippen LogP contribution >= 0.6 is 0 Å². The normalized spacial score (nSPS) is 10.2. The second-order valence-corrected chi connectivity index (χ2v) is 4.00. The molecule has 0 fully saturated rings. The molecular formula is C11H11F4N5O. The van der Waals surface area contributed by atoms with E-state index in [4.69, 9.17) is 5.53 Å². The van der Waals surface area contributed by atoms with Crippen LogP contribution in [0.1, 0.15) is 10.4 Å². The van der Waals surface area contributed by atoms with E-state index in [0.29, 0.717) is 6.54 Å². The molecule has 0 bridgehead atoms. The predicted molar refractivity (Wildman–Crippen MR) is 66.0 cm³/mol. The summed E-state index contributed by atoms with van der Waals surface area (Å²) in [5, 5.41) is 5.24. The van der Waals surface area contributed by atoms with Crippen molar-refractivity contribution in [2.75, 3.05) is 27.2 Å². The van der Waals surface area contributed by atoms with Crippen molar-refractivity contribution in [1.82, 2.24) is 10.2 Å². The summed E-state index contributed by atoms with van der Waals surface area (Å²) in [4.78, 5) is 14.8. The van der Waals surface area contributed by atoms with Crippen LogP contribution in [0.4, 0.5) is 23.2 Å². The van der Waals surface area contributed by atoms with Crippen molar-refractivity contribution in [1.29, 1.82) is 0 Å². The van der Waals surface area contributed by atoms with E-state index >= 15 is 0 Å². The van der Waals surface area contributed by atoms with Crippen molar-refractivity contribution >= 4 is 11.6 Å². The van der Waals surface area contributed by atoms with Crippen molar-refractivity contribution in [3.8, 4) is 0 Å². The Morgan fingerprint density at radius 1 is 1.24 bits per heavy atom. The molecule has 1 aromatic rings. The maximum atomic E-state index is 13.7. The highest BCUT2D eigenvalue weighted by Crippen LogP contribution is 2.30. The van der Waals surface area contributed by atoms with Crippen LogP contribution in [-0.2, 0) is 0 Å². The van der Waals surface area contributed by atoms with Crippen LogP contribution in [0.5, 0.6) is 0 Å². The molecule has 10 heteroatoms. The Labute approximate surface area is 117 Å². The van der Waals surface area contributed by atoms with Crippen molar-refractivity contribution in [2.45, 2.75) is 0 Å². The second kappa shape index (κ2) is 6.91. The molecule has 0 atom stereocenters. The molecule has 1 amide bonds. The number of carbonyl (C=O) groups is 1. The zero-order chi connectivity index (χ0) is 16.2. The molecule has 0 heterocycles. The van der Waals surface area contributed by atoms with Crippen LogP contribution in [0.3, 0.4) is 0 Å². The topological polar surface area (TPSA) is 81.1 Å². The Kier molecular flexibility index (Phi) is 5.51. The van der Waals surface area contributed by atoms with E-state index in [1.165, 1.54) is 7.05 Å². The zero-order valence-corrected chi connectivity index (χ0v) is 11.1. The molecule has 0 unspecified atom stereocenters. The van der Waals surface area contributed by atoms with Gasteiger partial charge in [0.15, 0.2) is 23.3 Å². The fourth-order valence-corrected chi connectivity index (χ4v) is 1.51. The number of likely N-dealkylation sites (N-methyl/N-ethyl adjacent to an activating group) is 2. The fraction of sp³-hybridized carbons (Fsp3) is 0.364. The van der Waals surface area contributed by atoms with E-state index in [9.17, 15) is 22.4 Å². The molecule has 0 spiro atoms. The van der Waals surface area contributed by atoms with Gasteiger partial charge in [-0.3, -0.25) is 4.79 Å². The molecule has 0 aliphatic carbocycles. The number of rotatable bonds is 5. The quantitative estimate of drug-likeness (QED) is 0.298. The molecule has 0 aromatic heterocycles. The van der Waals surface area contributed by atoms with Gasteiger partial charge in [-0.1, -0.05) is 5.11 Å². The summed E-state index contributed by atoms with van der Waals surface area (Å²) in [6, 6.07) is 0. The first-order chi connectivity index (χ1) is 9.86. The number of benzene rings is 1. The van der Waals surface area contributed by atoms with Crippen molar-refractivity contribution in [2.24, 2.45) is 5.11 Å². The largest absolute Gasteiger partial charge is 0.340 e. The number of halogens is 4. The summed E-state index contributed by atoms with van der Waals surface area (Å²) < 4.78 is 54.5. The van der Waals surface area contributed by atoms with E-state index in [0.717, 1.165) is 4.90 Å². The standard InChI is InChI=1S/C11H11F4N5O/c1-17-3-4-20(2)11(21)5-6(12)8(14)10(18-19-16)9(15)7(5)13/h17H,3-4H2,1-2H3. The van der Waals surface area contributed by atoms with E-state index in [2.05, 4.69) is 15.3 Å². The Morgan fingerprint density at radius 3 is 2.19 bits per heavy atom. The van der Waals surface area contributed by atoms with Gasteiger partial charge in [0.2, 0.25) is 0 Å². The SMILES string of the molecule is CNCCN(C)C(=O)c1c(F)c(F)c(N=[N+]=[N-])c(F)c1F. The molecule has 114 valence electrons. The van der Waals surface area contributed by atoms with E-state index in [1.54, 1.807) is 7.05 Å². The average molecular weight is 305 g/mol. The van der Waals surface area contributed by atoms with Crippen LogP contribution < -0.4 is 5.32 Å². The van der Waals surface area contributed by atoms with Crippen molar-refractivity contribution in [3.05, 3.63) is 39.3 Å². The highest BCUT2D eigenvalue weighted by Gasteiger charge is 2.30. The molecular weight excluding hydrogens is 294 g/mol. The molecule has 6 nitrogen and oxygen atoms in total. The molecule has 0 radical (unpaired) electrons. The second-order valence-electron chi connectivity index (χ2n) is 4.00. The number of hydrogen-bond acceptors (Lipinski definition) is 3. The summed E-state index contributed by atoms with van der Waals surface area (Å²) in [5.74, 6) is -8.88.